The van der Waals surface area contributed by atoms with Crippen LogP contribution in [0, 0.1) is 0 Å². The summed E-state index contributed by atoms with van der Waals surface area (Å²) in [6.07, 6.45) is 0.323. The third kappa shape index (κ3) is 5.58. The summed E-state index contributed by atoms with van der Waals surface area (Å²) in [5, 5.41) is 3.31. The van der Waals surface area contributed by atoms with Crippen LogP contribution in [0.25, 0.3) is 0 Å². The molecule has 1 amide bonds. The van der Waals surface area contributed by atoms with E-state index in [1.54, 1.807) is 26.2 Å². The minimum absolute atomic E-state index is 0. The lowest BCUT2D eigenvalue weighted by Crippen LogP contribution is -2.29. The van der Waals surface area contributed by atoms with E-state index in [1.807, 2.05) is 6.07 Å². The van der Waals surface area contributed by atoms with E-state index in [-0.39, 0.29) is 24.4 Å². The Morgan fingerprint density at radius 2 is 2.22 bits per heavy atom. The summed E-state index contributed by atoms with van der Waals surface area (Å²) in [5.74, 6) is 0.560. The molecule has 4 nitrogen and oxygen atoms in total. The zero-order chi connectivity index (χ0) is 12.8. The first kappa shape index (κ1) is 17.0. The highest BCUT2D eigenvalue weighted by atomic mass is 35.5. The highest BCUT2D eigenvalue weighted by Crippen LogP contribution is 2.24. The highest BCUT2D eigenvalue weighted by molar-refractivity contribution is 6.32. The van der Waals surface area contributed by atoms with Crippen molar-refractivity contribution in [1.29, 1.82) is 0 Å². The molecule has 1 rings (SSSR count). The van der Waals surface area contributed by atoms with Crippen LogP contribution in [0.1, 0.15) is 18.9 Å². The van der Waals surface area contributed by atoms with Crippen LogP contribution in [-0.4, -0.2) is 19.1 Å². The molecule has 0 saturated carbocycles. The van der Waals surface area contributed by atoms with Crippen molar-refractivity contribution in [3.63, 3.8) is 0 Å². The molecule has 1 unspecified atom stereocenters. The maximum Gasteiger partial charge on any atom is 0.221 e. The molecule has 0 aromatic heterocycles. The van der Waals surface area contributed by atoms with Crippen molar-refractivity contribution in [1.82, 2.24) is 5.32 Å². The van der Waals surface area contributed by atoms with Crippen LogP contribution in [0.4, 0.5) is 0 Å². The Labute approximate surface area is 118 Å². The minimum atomic E-state index is -0.130. The molecule has 0 saturated heterocycles. The molecule has 0 spiro atoms. The molecule has 0 fully saturated rings. The van der Waals surface area contributed by atoms with Crippen LogP contribution in [0.2, 0.25) is 5.02 Å². The van der Waals surface area contributed by atoms with E-state index in [4.69, 9.17) is 22.1 Å². The first-order valence-corrected chi connectivity index (χ1v) is 5.75. The van der Waals surface area contributed by atoms with E-state index in [0.29, 0.717) is 23.7 Å². The topological polar surface area (TPSA) is 64.3 Å². The molecular weight excluding hydrogens is 275 g/mol. The monoisotopic (exact) mass is 292 g/mol. The van der Waals surface area contributed by atoms with Crippen LogP contribution in [0.15, 0.2) is 18.2 Å². The molecular formula is C12H18Cl2N2O2. The van der Waals surface area contributed by atoms with Gasteiger partial charge in [-0.15, -0.1) is 12.4 Å². The predicted octanol–water partition coefficient (Wildman–Crippen LogP) is 2.12. The quantitative estimate of drug-likeness (QED) is 0.874. The van der Waals surface area contributed by atoms with E-state index in [1.165, 1.54) is 0 Å². The van der Waals surface area contributed by atoms with E-state index in [0.717, 1.165) is 5.56 Å². The van der Waals surface area contributed by atoms with Gasteiger partial charge >= 0.3 is 0 Å². The Morgan fingerprint density at radius 3 is 2.72 bits per heavy atom. The van der Waals surface area contributed by atoms with Crippen molar-refractivity contribution in [3.05, 3.63) is 28.8 Å². The molecule has 0 heterocycles. The van der Waals surface area contributed by atoms with Crippen molar-refractivity contribution in [2.45, 2.75) is 25.9 Å². The molecule has 3 N–H and O–H groups in total. The SMILES string of the molecule is COc1ccc(CNC(=O)CC(C)N)cc1Cl.Cl. The Balaban J connectivity index is 0.00000289. The lowest BCUT2D eigenvalue weighted by atomic mass is 10.2. The van der Waals surface area contributed by atoms with Gasteiger partial charge in [-0.2, -0.15) is 0 Å². The van der Waals surface area contributed by atoms with Crippen molar-refractivity contribution >= 4 is 29.9 Å². The second kappa shape index (κ2) is 8.19. The minimum Gasteiger partial charge on any atom is -0.495 e. The summed E-state index contributed by atoms with van der Waals surface area (Å²) in [5.41, 5.74) is 6.45. The van der Waals surface area contributed by atoms with Gasteiger partial charge in [-0.25, -0.2) is 0 Å². The van der Waals surface area contributed by atoms with Gasteiger partial charge in [0.1, 0.15) is 5.75 Å². The number of nitrogens with one attached hydrogen (secondary N) is 1. The molecule has 0 radical (unpaired) electrons. The first-order valence-electron chi connectivity index (χ1n) is 5.37. The van der Waals surface area contributed by atoms with E-state index in [9.17, 15) is 4.79 Å². The van der Waals surface area contributed by atoms with Gasteiger partial charge in [0.15, 0.2) is 0 Å². The smallest absolute Gasteiger partial charge is 0.221 e. The maximum absolute atomic E-state index is 11.4. The Bertz CT molecular complexity index is 398. The van der Waals surface area contributed by atoms with Gasteiger partial charge in [0.25, 0.3) is 0 Å². The van der Waals surface area contributed by atoms with Gasteiger partial charge in [0, 0.05) is 19.0 Å². The summed E-state index contributed by atoms with van der Waals surface area (Å²) >= 11 is 5.97. The lowest BCUT2D eigenvalue weighted by molar-refractivity contribution is -0.121. The van der Waals surface area contributed by atoms with Crippen LogP contribution in [0.5, 0.6) is 5.75 Å². The highest BCUT2D eigenvalue weighted by Gasteiger charge is 2.06. The fraction of sp³-hybridized carbons (Fsp3) is 0.417. The zero-order valence-corrected chi connectivity index (χ0v) is 12.0. The van der Waals surface area contributed by atoms with Crippen molar-refractivity contribution in [2.75, 3.05) is 7.11 Å². The Morgan fingerprint density at radius 1 is 1.56 bits per heavy atom. The van der Waals surface area contributed by atoms with Crippen molar-refractivity contribution in [3.8, 4) is 5.75 Å². The van der Waals surface area contributed by atoms with E-state index >= 15 is 0 Å². The number of hydrogen-bond acceptors (Lipinski definition) is 3. The fourth-order valence-electron chi connectivity index (χ4n) is 1.39. The third-order valence-corrected chi connectivity index (χ3v) is 2.51. The summed E-state index contributed by atoms with van der Waals surface area (Å²) in [4.78, 5) is 11.4. The summed E-state index contributed by atoms with van der Waals surface area (Å²) in [6.45, 7) is 2.24. The second-order valence-corrected chi connectivity index (χ2v) is 4.33. The molecule has 102 valence electrons. The number of rotatable bonds is 5. The molecule has 1 aromatic rings. The van der Waals surface area contributed by atoms with Gasteiger partial charge in [-0.05, 0) is 24.6 Å². The second-order valence-electron chi connectivity index (χ2n) is 3.93. The molecule has 0 aliphatic heterocycles. The van der Waals surface area contributed by atoms with Crippen LogP contribution in [-0.2, 0) is 11.3 Å². The van der Waals surface area contributed by atoms with Crippen LogP contribution in [0.3, 0.4) is 0 Å². The predicted molar refractivity (Wildman–Crippen MR) is 75.4 cm³/mol. The number of carbonyl (C=O) groups excluding carboxylic acids is 1. The summed E-state index contributed by atoms with van der Waals surface area (Å²) in [6, 6.07) is 5.27. The average Bonchev–Trinajstić information content (AvgIpc) is 2.25. The Kier molecular flexibility index (Phi) is 7.75. The largest absolute Gasteiger partial charge is 0.495 e. The number of hydrogen-bond donors (Lipinski definition) is 2. The van der Waals surface area contributed by atoms with Crippen LogP contribution >= 0.6 is 24.0 Å². The molecule has 18 heavy (non-hydrogen) atoms. The fourth-order valence-corrected chi connectivity index (χ4v) is 1.67. The third-order valence-electron chi connectivity index (χ3n) is 2.21. The standard InChI is InChI=1S/C12H17ClN2O2.ClH/c1-8(14)5-12(16)15-7-9-3-4-11(17-2)10(13)6-9;/h3-4,6,8H,5,7,14H2,1-2H3,(H,15,16);1H. The van der Waals surface area contributed by atoms with Gasteiger partial charge in [-0.1, -0.05) is 17.7 Å². The lowest BCUT2D eigenvalue weighted by Gasteiger charge is -2.09. The zero-order valence-electron chi connectivity index (χ0n) is 10.4. The van der Waals surface area contributed by atoms with Gasteiger partial charge < -0.3 is 15.8 Å². The van der Waals surface area contributed by atoms with E-state index in [2.05, 4.69) is 5.32 Å². The van der Waals surface area contributed by atoms with Gasteiger partial charge in [0.2, 0.25) is 5.91 Å². The molecule has 0 aliphatic carbocycles. The number of benzene rings is 1. The first-order chi connectivity index (χ1) is 8.02. The van der Waals surface area contributed by atoms with Crippen molar-refractivity contribution < 1.29 is 9.53 Å². The Hall–Kier alpha value is -0.970. The molecule has 6 heteroatoms. The van der Waals surface area contributed by atoms with Gasteiger partial charge in [-0.3, -0.25) is 4.79 Å². The molecule has 0 bridgehead atoms. The summed E-state index contributed by atoms with van der Waals surface area (Å²) in [7, 11) is 1.56. The molecule has 1 aromatic carbocycles. The maximum atomic E-state index is 11.4. The summed E-state index contributed by atoms with van der Waals surface area (Å²) < 4.78 is 5.04. The number of methoxy groups -OCH3 is 1. The van der Waals surface area contributed by atoms with E-state index < -0.39 is 0 Å². The average molecular weight is 293 g/mol. The number of ether oxygens (including phenoxy) is 1. The number of carbonyl (C=O) groups is 1. The number of nitrogens with two attached hydrogens (primary N) is 1. The normalized spacial score (nSPS) is 11.3. The molecule has 1 atom stereocenters. The number of amides is 1. The van der Waals surface area contributed by atoms with Crippen LogP contribution < -0.4 is 15.8 Å². The van der Waals surface area contributed by atoms with Gasteiger partial charge in [0.05, 0.1) is 12.1 Å². The van der Waals surface area contributed by atoms with Crippen molar-refractivity contribution in [2.24, 2.45) is 5.73 Å². The number of halogens is 2. The molecule has 0 aliphatic rings.